The number of ether oxygens (including phenoxy) is 2. The predicted molar refractivity (Wildman–Crippen MR) is 101 cm³/mol. The number of carbonyl (C=O) groups excluding carboxylic acids is 4. The summed E-state index contributed by atoms with van der Waals surface area (Å²) in [5, 5.41) is 20.0. The summed E-state index contributed by atoms with van der Waals surface area (Å²) in [6, 6.07) is 5.32. The Labute approximate surface area is 171 Å². The van der Waals surface area contributed by atoms with Crippen molar-refractivity contribution in [1.29, 1.82) is 0 Å². The lowest BCUT2D eigenvalue weighted by Crippen LogP contribution is -2.60. The van der Waals surface area contributed by atoms with Gasteiger partial charge in [0.25, 0.3) is 0 Å². The van der Waals surface area contributed by atoms with Gasteiger partial charge in [0.1, 0.15) is 11.5 Å². The second-order valence-corrected chi connectivity index (χ2v) is 7.61. The zero-order chi connectivity index (χ0) is 22.0. The van der Waals surface area contributed by atoms with E-state index in [-0.39, 0.29) is 28.8 Å². The molecule has 0 aromatic heterocycles. The molecule has 0 spiro atoms. The Morgan fingerprint density at radius 2 is 2.03 bits per heavy atom. The molecule has 0 radical (unpaired) electrons. The van der Waals surface area contributed by atoms with Crippen molar-refractivity contribution in [2.24, 2.45) is 17.3 Å². The van der Waals surface area contributed by atoms with E-state index in [4.69, 9.17) is 14.7 Å². The van der Waals surface area contributed by atoms with E-state index in [1.165, 1.54) is 31.2 Å². The summed E-state index contributed by atoms with van der Waals surface area (Å²) in [7, 11) is 0. The first-order valence-corrected chi connectivity index (χ1v) is 9.38. The topological polar surface area (TPSA) is 137 Å². The maximum Gasteiger partial charge on any atom is 0.335 e. The van der Waals surface area contributed by atoms with Crippen LogP contribution in [0.3, 0.4) is 0 Å². The number of esters is 2. The van der Waals surface area contributed by atoms with Gasteiger partial charge in [-0.2, -0.15) is 0 Å². The van der Waals surface area contributed by atoms with E-state index in [0.29, 0.717) is 5.57 Å². The second-order valence-electron chi connectivity index (χ2n) is 7.61. The maximum absolute atomic E-state index is 13.4. The molecule has 30 heavy (non-hydrogen) atoms. The SMILES string of the molecule is CCOC(=O)C1=C(C)[C@H]2OC(=O)[C@@]1(C)[C@H]1C(=O)N(c3cccc(N([O-])O)c3)C(=O)[C@@H]21. The first-order valence-electron chi connectivity index (χ1n) is 9.38. The summed E-state index contributed by atoms with van der Waals surface area (Å²) in [5.74, 6) is -4.93. The van der Waals surface area contributed by atoms with E-state index in [9.17, 15) is 24.4 Å². The number of anilines is 2. The zero-order valence-electron chi connectivity index (χ0n) is 16.4. The van der Waals surface area contributed by atoms with E-state index in [2.05, 4.69) is 0 Å². The van der Waals surface area contributed by atoms with Gasteiger partial charge >= 0.3 is 11.9 Å². The molecule has 0 unspecified atom stereocenters. The number of nitrogens with zero attached hydrogens (tertiary/aromatic N) is 2. The van der Waals surface area contributed by atoms with Crippen LogP contribution in [0.5, 0.6) is 0 Å². The van der Waals surface area contributed by atoms with E-state index < -0.39 is 47.1 Å². The normalized spacial score (nSPS) is 29.8. The molecule has 3 aliphatic heterocycles. The van der Waals surface area contributed by atoms with Crippen molar-refractivity contribution in [2.45, 2.75) is 26.9 Å². The van der Waals surface area contributed by atoms with Gasteiger partial charge in [0.2, 0.25) is 11.8 Å². The molecule has 5 rings (SSSR count). The highest BCUT2D eigenvalue weighted by Crippen LogP contribution is 2.58. The number of benzene rings is 1. The Morgan fingerprint density at radius 1 is 1.33 bits per heavy atom. The minimum Gasteiger partial charge on any atom is -0.733 e. The minimum atomic E-state index is -1.68. The van der Waals surface area contributed by atoms with E-state index in [1.54, 1.807) is 13.8 Å². The largest absolute Gasteiger partial charge is 0.733 e. The van der Waals surface area contributed by atoms with Crippen LogP contribution in [0.2, 0.25) is 0 Å². The first kappa shape index (κ1) is 20.0. The van der Waals surface area contributed by atoms with Gasteiger partial charge in [-0.3, -0.25) is 19.6 Å². The minimum absolute atomic E-state index is 0.0460. The molecule has 1 N–H and O–H groups in total. The molecule has 2 saturated heterocycles. The lowest BCUT2D eigenvalue weighted by Gasteiger charge is -2.48. The highest BCUT2D eigenvalue weighted by molar-refractivity contribution is 6.25. The van der Waals surface area contributed by atoms with Gasteiger partial charge < -0.3 is 19.9 Å². The fourth-order valence-electron chi connectivity index (χ4n) is 4.79. The van der Waals surface area contributed by atoms with E-state index in [1.807, 2.05) is 0 Å². The number of fused-ring (bicyclic) bond motifs is 1. The molecule has 2 fully saturated rings. The highest BCUT2D eigenvalue weighted by Gasteiger charge is 2.71. The van der Waals surface area contributed by atoms with Crippen LogP contribution in [0.25, 0.3) is 0 Å². The fraction of sp³-hybridized carbons (Fsp3) is 0.400. The standard InChI is InChI=1S/C20H19N2O8/c1-4-29-18(25)13-9(2)15-12-14(20(13,3)19(26)30-15)17(24)21(16(12)23)10-6-5-7-11(8-10)22(27)28/h5-8,12,14-15,27H,4H2,1-3H3/q-1/t12-,14-,15-,20-/m1/s1. The van der Waals surface area contributed by atoms with Crippen LogP contribution in [0.4, 0.5) is 11.4 Å². The van der Waals surface area contributed by atoms with Gasteiger partial charge in [-0.15, -0.1) is 0 Å². The molecule has 4 aliphatic rings. The number of hydrogen-bond donors (Lipinski definition) is 1. The van der Waals surface area contributed by atoms with Gasteiger partial charge in [-0.05, 0) is 44.5 Å². The fourth-order valence-corrected chi connectivity index (χ4v) is 4.79. The van der Waals surface area contributed by atoms with Crippen LogP contribution in [0, 0.1) is 22.5 Å². The smallest absolute Gasteiger partial charge is 0.335 e. The van der Waals surface area contributed by atoms with E-state index >= 15 is 0 Å². The zero-order valence-corrected chi connectivity index (χ0v) is 16.4. The molecule has 2 amide bonds. The molecule has 10 nitrogen and oxygen atoms in total. The lowest BCUT2D eigenvalue weighted by molar-refractivity contribution is -0.184. The molecule has 4 atom stereocenters. The van der Waals surface area contributed by atoms with Gasteiger partial charge in [0.05, 0.1) is 35.4 Å². The van der Waals surface area contributed by atoms with Crippen LogP contribution in [-0.4, -0.2) is 41.7 Å². The third-order valence-corrected chi connectivity index (χ3v) is 6.09. The molecule has 10 heteroatoms. The number of carbonyl (C=O) groups is 4. The van der Waals surface area contributed by atoms with Crippen molar-refractivity contribution in [2.75, 3.05) is 16.7 Å². The molecule has 1 aromatic carbocycles. The molecule has 1 aromatic rings. The van der Waals surface area contributed by atoms with Crippen molar-refractivity contribution in [1.82, 2.24) is 0 Å². The Kier molecular flexibility index (Phi) is 4.44. The van der Waals surface area contributed by atoms with Gasteiger partial charge in [-0.1, -0.05) is 6.07 Å². The molecule has 1 aliphatic carbocycles. The molecule has 3 heterocycles. The molecular weight excluding hydrogens is 396 g/mol. The van der Waals surface area contributed by atoms with Gasteiger partial charge in [-0.25, -0.2) is 9.69 Å². The van der Waals surface area contributed by atoms with Crippen LogP contribution < -0.4 is 10.1 Å². The summed E-state index contributed by atoms with van der Waals surface area (Å²) in [6.07, 6.45) is -1.07. The number of imide groups is 1. The Balaban J connectivity index is 1.83. The van der Waals surface area contributed by atoms with Crippen molar-refractivity contribution >= 4 is 35.1 Å². The average Bonchev–Trinajstić information content (AvgIpc) is 2.96. The molecule has 2 bridgehead atoms. The quantitative estimate of drug-likeness (QED) is 0.438. The van der Waals surface area contributed by atoms with E-state index in [0.717, 1.165) is 4.90 Å². The predicted octanol–water partition coefficient (Wildman–Crippen LogP) is 1.31. The van der Waals surface area contributed by atoms with Crippen LogP contribution in [0.15, 0.2) is 35.4 Å². The monoisotopic (exact) mass is 415 g/mol. The van der Waals surface area contributed by atoms with Crippen molar-refractivity contribution in [3.8, 4) is 0 Å². The van der Waals surface area contributed by atoms with Crippen LogP contribution in [-0.2, 0) is 28.7 Å². The summed E-state index contributed by atoms with van der Waals surface area (Å²) in [4.78, 5) is 52.9. The number of rotatable bonds is 4. The Hall–Kier alpha value is -3.24. The third-order valence-electron chi connectivity index (χ3n) is 6.09. The van der Waals surface area contributed by atoms with Gasteiger partial charge in [0, 0.05) is 0 Å². The average molecular weight is 415 g/mol. The molecule has 158 valence electrons. The second kappa shape index (κ2) is 6.64. The Morgan fingerprint density at radius 3 is 2.67 bits per heavy atom. The number of hydrogen-bond acceptors (Lipinski definition) is 9. The summed E-state index contributed by atoms with van der Waals surface area (Å²) < 4.78 is 10.5. The van der Waals surface area contributed by atoms with Crippen LogP contribution >= 0.6 is 0 Å². The maximum atomic E-state index is 13.4. The highest BCUT2D eigenvalue weighted by atomic mass is 16.8. The van der Waals surface area contributed by atoms with Crippen LogP contribution in [0.1, 0.15) is 20.8 Å². The first-order chi connectivity index (χ1) is 14.1. The summed E-state index contributed by atoms with van der Waals surface area (Å²) in [5.41, 5.74) is -1.36. The molecule has 0 saturated carbocycles. The Bertz CT molecular complexity index is 1020. The van der Waals surface area contributed by atoms with Crippen molar-refractivity contribution < 1.29 is 33.9 Å². The van der Waals surface area contributed by atoms with Gasteiger partial charge in [0.15, 0.2) is 0 Å². The van der Waals surface area contributed by atoms with Crippen molar-refractivity contribution in [3.63, 3.8) is 0 Å². The van der Waals surface area contributed by atoms with Crippen molar-refractivity contribution in [3.05, 3.63) is 40.6 Å². The lowest BCUT2D eigenvalue weighted by atomic mass is 9.57. The summed E-state index contributed by atoms with van der Waals surface area (Å²) >= 11 is 0. The third kappa shape index (κ3) is 2.44. The summed E-state index contributed by atoms with van der Waals surface area (Å²) in [6.45, 7) is 4.70. The molecular formula is C20H19N2O8-. The number of amides is 2.